The first-order chi connectivity index (χ1) is 8.52. The SMILES string of the molecule is CCC(N)Cc1coc2c(Cl)cc(Cl)cc2c1=O. The van der Waals surface area contributed by atoms with Crippen LogP contribution in [0.3, 0.4) is 0 Å². The summed E-state index contributed by atoms with van der Waals surface area (Å²) in [5.41, 5.74) is 6.64. The van der Waals surface area contributed by atoms with Crippen LogP contribution in [-0.4, -0.2) is 6.04 Å². The van der Waals surface area contributed by atoms with Crippen LogP contribution in [0.2, 0.25) is 10.0 Å². The molecule has 0 saturated heterocycles. The maximum atomic E-state index is 12.3. The lowest BCUT2D eigenvalue weighted by Gasteiger charge is -2.08. The highest BCUT2D eigenvalue weighted by Gasteiger charge is 2.12. The van der Waals surface area contributed by atoms with Crippen molar-refractivity contribution < 1.29 is 4.42 Å². The summed E-state index contributed by atoms with van der Waals surface area (Å²) in [4.78, 5) is 12.3. The topological polar surface area (TPSA) is 56.2 Å². The smallest absolute Gasteiger partial charge is 0.196 e. The zero-order chi connectivity index (χ0) is 13.3. The minimum absolute atomic E-state index is 0.0555. The molecule has 1 heterocycles. The number of nitrogens with two attached hydrogens (primary N) is 1. The Balaban J connectivity index is 2.60. The molecule has 0 aliphatic heterocycles. The van der Waals surface area contributed by atoms with Gasteiger partial charge >= 0.3 is 0 Å². The van der Waals surface area contributed by atoms with Gasteiger partial charge in [0.1, 0.15) is 0 Å². The summed E-state index contributed by atoms with van der Waals surface area (Å²) in [6, 6.07) is 3.06. The molecule has 3 nitrogen and oxygen atoms in total. The van der Waals surface area contributed by atoms with Crippen molar-refractivity contribution in [3.63, 3.8) is 0 Å². The molecule has 0 bridgehead atoms. The summed E-state index contributed by atoms with van der Waals surface area (Å²) in [6.45, 7) is 1.97. The van der Waals surface area contributed by atoms with Crippen LogP contribution in [0.5, 0.6) is 0 Å². The Labute approximate surface area is 114 Å². The summed E-state index contributed by atoms with van der Waals surface area (Å²) in [5, 5.41) is 1.14. The number of benzene rings is 1. The molecule has 2 N–H and O–H groups in total. The number of hydrogen-bond donors (Lipinski definition) is 1. The minimum Gasteiger partial charge on any atom is -0.462 e. The molecule has 2 aromatic rings. The highest BCUT2D eigenvalue weighted by Crippen LogP contribution is 2.26. The third-order valence-corrected chi connectivity index (χ3v) is 3.37. The van der Waals surface area contributed by atoms with Gasteiger partial charge in [-0.25, -0.2) is 0 Å². The van der Waals surface area contributed by atoms with Crippen molar-refractivity contribution in [3.8, 4) is 0 Å². The Kier molecular flexibility index (Phi) is 3.95. The summed E-state index contributed by atoms with van der Waals surface area (Å²) in [7, 11) is 0. The first kappa shape index (κ1) is 13.4. The Hall–Kier alpha value is -1.03. The summed E-state index contributed by atoms with van der Waals surface area (Å²) in [6.07, 6.45) is 2.71. The summed E-state index contributed by atoms with van der Waals surface area (Å²) < 4.78 is 5.41. The van der Waals surface area contributed by atoms with Crippen molar-refractivity contribution in [1.29, 1.82) is 0 Å². The number of halogens is 2. The van der Waals surface area contributed by atoms with E-state index in [-0.39, 0.29) is 11.5 Å². The van der Waals surface area contributed by atoms with E-state index in [4.69, 9.17) is 33.4 Å². The molecule has 1 unspecified atom stereocenters. The van der Waals surface area contributed by atoms with E-state index in [9.17, 15) is 4.79 Å². The van der Waals surface area contributed by atoms with E-state index in [0.29, 0.717) is 33.0 Å². The van der Waals surface area contributed by atoms with E-state index in [0.717, 1.165) is 6.42 Å². The monoisotopic (exact) mass is 285 g/mol. The van der Waals surface area contributed by atoms with Gasteiger partial charge in [-0.05, 0) is 25.0 Å². The first-order valence-electron chi connectivity index (χ1n) is 5.68. The second kappa shape index (κ2) is 5.31. The molecule has 0 fully saturated rings. The lowest BCUT2D eigenvalue weighted by atomic mass is 10.0. The van der Waals surface area contributed by atoms with E-state index in [2.05, 4.69) is 0 Å². The molecular weight excluding hydrogens is 273 g/mol. The van der Waals surface area contributed by atoms with E-state index in [1.165, 1.54) is 6.26 Å². The molecule has 5 heteroatoms. The quantitative estimate of drug-likeness (QED) is 0.941. The van der Waals surface area contributed by atoms with Gasteiger partial charge in [-0.3, -0.25) is 4.79 Å². The van der Waals surface area contributed by atoms with Crippen LogP contribution in [-0.2, 0) is 6.42 Å². The van der Waals surface area contributed by atoms with Crippen molar-refractivity contribution in [2.45, 2.75) is 25.8 Å². The molecule has 18 heavy (non-hydrogen) atoms. The van der Waals surface area contributed by atoms with Crippen molar-refractivity contribution >= 4 is 34.2 Å². The average Bonchev–Trinajstić information content (AvgIpc) is 2.33. The van der Waals surface area contributed by atoms with Gasteiger partial charge in [-0.2, -0.15) is 0 Å². The normalized spacial score (nSPS) is 12.9. The zero-order valence-electron chi connectivity index (χ0n) is 9.87. The molecule has 0 spiro atoms. The second-order valence-corrected chi connectivity index (χ2v) is 5.07. The largest absolute Gasteiger partial charge is 0.462 e. The lowest BCUT2D eigenvalue weighted by molar-refractivity contribution is 0.575. The summed E-state index contributed by atoms with van der Waals surface area (Å²) in [5.74, 6) is 0. The van der Waals surface area contributed by atoms with Crippen LogP contribution < -0.4 is 11.2 Å². The standard InChI is InChI=1S/C13H13Cl2NO2/c1-2-9(16)3-7-6-18-13-10(12(7)17)4-8(14)5-11(13)15/h4-6,9H,2-3,16H2,1H3. The molecular formula is C13H13Cl2NO2. The molecule has 1 aromatic heterocycles. The zero-order valence-corrected chi connectivity index (χ0v) is 11.4. The van der Waals surface area contributed by atoms with Crippen molar-refractivity contribution in [2.24, 2.45) is 5.73 Å². The predicted molar refractivity (Wildman–Crippen MR) is 74.5 cm³/mol. The first-order valence-corrected chi connectivity index (χ1v) is 6.43. The van der Waals surface area contributed by atoms with Gasteiger partial charge in [0.2, 0.25) is 0 Å². The van der Waals surface area contributed by atoms with Gasteiger partial charge in [-0.15, -0.1) is 0 Å². The lowest BCUT2D eigenvalue weighted by Crippen LogP contribution is -2.24. The van der Waals surface area contributed by atoms with E-state index in [1.807, 2.05) is 6.92 Å². The fraction of sp³-hybridized carbons (Fsp3) is 0.308. The Morgan fingerprint density at radius 1 is 1.39 bits per heavy atom. The third kappa shape index (κ3) is 2.53. The van der Waals surface area contributed by atoms with Gasteiger partial charge in [0.25, 0.3) is 0 Å². The minimum atomic E-state index is -0.121. The number of rotatable bonds is 3. The second-order valence-electron chi connectivity index (χ2n) is 4.23. The highest BCUT2D eigenvalue weighted by molar-refractivity contribution is 6.38. The maximum Gasteiger partial charge on any atom is 0.196 e. The van der Waals surface area contributed by atoms with Crippen LogP contribution in [0.1, 0.15) is 18.9 Å². The number of hydrogen-bond acceptors (Lipinski definition) is 3. The Bertz CT molecular complexity index is 637. The van der Waals surface area contributed by atoms with E-state index >= 15 is 0 Å². The van der Waals surface area contributed by atoms with Gasteiger partial charge in [0.05, 0.1) is 16.7 Å². The van der Waals surface area contributed by atoms with Crippen molar-refractivity contribution in [3.05, 3.63) is 44.2 Å². The molecule has 0 aliphatic rings. The van der Waals surface area contributed by atoms with E-state index in [1.54, 1.807) is 12.1 Å². The van der Waals surface area contributed by atoms with Gasteiger partial charge < -0.3 is 10.2 Å². The fourth-order valence-electron chi connectivity index (χ4n) is 1.77. The molecule has 0 amide bonds. The molecule has 0 aliphatic carbocycles. The van der Waals surface area contributed by atoms with Crippen LogP contribution in [0.4, 0.5) is 0 Å². The maximum absolute atomic E-state index is 12.3. The van der Waals surface area contributed by atoms with Gasteiger partial charge in [-0.1, -0.05) is 30.1 Å². The third-order valence-electron chi connectivity index (χ3n) is 2.87. The van der Waals surface area contributed by atoms with Crippen LogP contribution in [0, 0.1) is 0 Å². The Morgan fingerprint density at radius 3 is 2.78 bits per heavy atom. The molecule has 1 aromatic carbocycles. The van der Waals surface area contributed by atoms with Crippen LogP contribution in [0.25, 0.3) is 11.0 Å². The average molecular weight is 286 g/mol. The highest BCUT2D eigenvalue weighted by atomic mass is 35.5. The van der Waals surface area contributed by atoms with Crippen molar-refractivity contribution in [2.75, 3.05) is 0 Å². The Morgan fingerprint density at radius 2 is 2.11 bits per heavy atom. The van der Waals surface area contributed by atoms with Crippen LogP contribution in [0.15, 0.2) is 27.6 Å². The molecule has 2 rings (SSSR count). The summed E-state index contributed by atoms with van der Waals surface area (Å²) >= 11 is 11.9. The number of fused-ring (bicyclic) bond motifs is 1. The van der Waals surface area contributed by atoms with Crippen LogP contribution >= 0.6 is 23.2 Å². The molecule has 1 atom stereocenters. The molecule has 0 radical (unpaired) electrons. The van der Waals surface area contributed by atoms with Gasteiger partial charge in [0, 0.05) is 16.6 Å². The van der Waals surface area contributed by atoms with E-state index < -0.39 is 0 Å². The molecule has 96 valence electrons. The predicted octanol–water partition coefficient (Wildman–Crippen LogP) is 3.38. The van der Waals surface area contributed by atoms with Crippen molar-refractivity contribution in [1.82, 2.24) is 0 Å². The molecule has 0 saturated carbocycles. The fourth-order valence-corrected chi connectivity index (χ4v) is 2.31. The van der Waals surface area contributed by atoms with Gasteiger partial charge in [0.15, 0.2) is 11.0 Å².